The van der Waals surface area contributed by atoms with Crippen molar-refractivity contribution in [3.63, 3.8) is 0 Å². The number of carbonyl (C=O) groups is 1. The molecule has 21 heavy (non-hydrogen) atoms. The summed E-state index contributed by atoms with van der Waals surface area (Å²) in [7, 11) is 0. The van der Waals surface area contributed by atoms with E-state index in [0.717, 1.165) is 24.8 Å². The minimum absolute atomic E-state index is 0.0804. The van der Waals surface area contributed by atoms with Crippen LogP contribution in [0.15, 0.2) is 30.6 Å². The van der Waals surface area contributed by atoms with Crippen LogP contribution in [-0.4, -0.2) is 27.8 Å². The number of halogens is 1. The van der Waals surface area contributed by atoms with Crippen molar-refractivity contribution >= 4 is 28.5 Å². The van der Waals surface area contributed by atoms with Gasteiger partial charge in [-0.2, -0.15) is 0 Å². The number of hydrogen-bond donors (Lipinski definition) is 1. The van der Waals surface area contributed by atoms with Crippen LogP contribution < -0.4 is 5.32 Å². The lowest BCUT2D eigenvalue weighted by Crippen LogP contribution is -2.42. The van der Waals surface area contributed by atoms with E-state index in [1.165, 1.54) is 6.42 Å². The lowest BCUT2D eigenvalue weighted by Gasteiger charge is -2.30. The number of amides is 1. The maximum atomic E-state index is 12.6. The van der Waals surface area contributed by atoms with Gasteiger partial charge in [0.25, 0.3) is 5.91 Å². The summed E-state index contributed by atoms with van der Waals surface area (Å²) >= 11 is 6.03. The molecule has 5 heteroatoms. The number of aromatic nitrogens is 2. The Morgan fingerprint density at radius 3 is 2.90 bits per heavy atom. The van der Waals surface area contributed by atoms with Crippen molar-refractivity contribution in [3.05, 3.63) is 36.2 Å². The lowest BCUT2D eigenvalue weighted by molar-refractivity contribution is 0.0912. The summed E-state index contributed by atoms with van der Waals surface area (Å²) in [6, 6.07) is 5.66. The van der Waals surface area contributed by atoms with Crippen LogP contribution in [0.3, 0.4) is 0 Å². The minimum Gasteiger partial charge on any atom is -0.349 e. The molecule has 1 aromatic carbocycles. The molecule has 0 aliphatic heterocycles. The zero-order valence-corrected chi connectivity index (χ0v) is 12.5. The van der Waals surface area contributed by atoms with Crippen LogP contribution in [0.5, 0.6) is 0 Å². The van der Waals surface area contributed by atoms with Crippen LogP contribution in [0.1, 0.15) is 36.0 Å². The predicted molar refractivity (Wildman–Crippen MR) is 83.5 cm³/mol. The van der Waals surface area contributed by atoms with E-state index in [9.17, 15) is 4.79 Å². The Labute approximate surface area is 128 Å². The lowest BCUT2D eigenvalue weighted by atomic mass is 9.85. The Balaban J connectivity index is 1.84. The van der Waals surface area contributed by atoms with Crippen molar-refractivity contribution in [2.45, 2.75) is 31.7 Å². The third-order valence-corrected chi connectivity index (χ3v) is 4.56. The third-order valence-electron chi connectivity index (χ3n) is 4.17. The number of hydrogen-bond acceptors (Lipinski definition) is 3. The molecule has 1 aliphatic rings. The van der Waals surface area contributed by atoms with Gasteiger partial charge in [0.05, 0.1) is 11.1 Å². The van der Waals surface area contributed by atoms with Gasteiger partial charge in [-0.15, -0.1) is 11.6 Å². The van der Waals surface area contributed by atoms with Gasteiger partial charge in [0.1, 0.15) is 5.52 Å². The molecule has 2 aromatic rings. The highest BCUT2D eigenvalue weighted by Gasteiger charge is 2.26. The van der Waals surface area contributed by atoms with Gasteiger partial charge in [-0.05, 0) is 30.9 Å². The van der Waals surface area contributed by atoms with Gasteiger partial charge in [0.15, 0.2) is 0 Å². The first-order valence-corrected chi connectivity index (χ1v) is 7.89. The molecule has 110 valence electrons. The monoisotopic (exact) mass is 303 g/mol. The molecule has 4 nitrogen and oxygen atoms in total. The number of fused-ring (bicyclic) bond motifs is 1. The fourth-order valence-electron chi connectivity index (χ4n) is 3.00. The van der Waals surface area contributed by atoms with E-state index in [2.05, 4.69) is 15.3 Å². The molecule has 1 aromatic heterocycles. The molecule has 0 saturated heterocycles. The Morgan fingerprint density at radius 1 is 1.24 bits per heavy atom. The maximum absolute atomic E-state index is 12.6. The second-order valence-electron chi connectivity index (χ2n) is 5.51. The van der Waals surface area contributed by atoms with Crippen molar-refractivity contribution in [1.29, 1.82) is 0 Å². The topological polar surface area (TPSA) is 54.9 Å². The van der Waals surface area contributed by atoms with Crippen molar-refractivity contribution in [2.75, 3.05) is 5.88 Å². The normalized spacial score (nSPS) is 22.1. The van der Waals surface area contributed by atoms with Crippen molar-refractivity contribution in [1.82, 2.24) is 15.3 Å². The van der Waals surface area contributed by atoms with Gasteiger partial charge in [0, 0.05) is 24.3 Å². The Bertz CT molecular complexity index is 641. The van der Waals surface area contributed by atoms with Crippen molar-refractivity contribution < 1.29 is 4.79 Å². The van der Waals surface area contributed by atoms with Crippen LogP contribution in [0, 0.1) is 5.92 Å². The quantitative estimate of drug-likeness (QED) is 0.886. The van der Waals surface area contributed by atoms with E-state index in [-0.39, 0.29) is 11.9 Å². The molecule has 2 atom stereocenters. The molecule has 1 aliphatic carbocycles. The number of nitrogens with one attached hydrogen (secondary N) is 1. The highest BCUT2D eigenvalue weighted by molar-refractivity contribution is 6.18. The molecular formula is C16H18ClN3O. The first kappa shape index (κ1) is 14.3. The number of alkyl halides is 1. The minimum atomic E-state index is -0.0804. The SMILES string of the molecule is O=C(NC1CCCCC1CCl)c1cccc2nccnc12. The Kier molecular flexibility index (Phi) is 4.34. The molecule has 1 N–H and O–H groups in total. The molecule has 0 radical (unpaired) electrons. The smallest absolute Gasteiger partial charge is 0.253 e. The summed E-state index contributed by atoms with van der Waals surface area (Å²) in [5, 5.41) is 3.14. The van der Waals surface area contributed by atoms with Crippen LogP contribution in [0.4, 0.5) is 0 Å². The van der Waals surface area contributed by atoms with E-state index in [1.54, 1.807) is 18.5 Å². The van der Waals surface area contributed by atoms with Gasteiger partial charge in [-0.3, -0.25) is 14.8 Å². The Morgan fingerprint density at radius 2 is 2.05 bits per heavy atom. The summed E-state index contributed by atoms with van der Waals surface area (Å²) in [5.41, 5.74) is 1.97. The van der Waals surface area contributed by atoms with E-state index in [0.29, 0.717) is 22.9 Å². The van der Waals surface area contributed by atoms with Crippen LogP contribution in [0.25, 0.3) is 11.0 Å². The Hall–Kier alpha value is -1.68. The molecule has 1 fully saturated rings. The number of nitrogens with zero attached hydrogens (tertiary/aromatic N) is 2. The first-order chi connectivity index (χ1) is 10.3. The molecule has 1 saturated carbocycles. The average molecular weight is 304 g/mol. The molecule has 1 amide bonds. The number of benzene rings is 1. The van der Waals surface area contributed by atoms with Gasteiger partial charge < -0.3 is 5.32 Å². The zero-order chi connectivity index (χ0) is 14.7. The molecule has 3 rings (SSSR count). The second kappa shape index (κ2) is 6.39. The molecular weight excluding hydrogens is 286 g/mol. The summed E-state index contributed by atoms with van der Waals surface area (Å²) in [5.74, 6) is 0.883. The van der Waals surface area contributed by atoms with Crippen LogP contribution in [0.2, 0.25) is 0 Å². The molecule has 0 spiro atoms. The summed E-state index contributed by atoms with van der Waals surface area (Å²) < 4.78 is 0. The van der Waals surface area contributed by atoms with E-state index >= 15 is 0 Å². The van der Waals surface area contributed by atoms with Crippen LogP contribution in [-0.2, 0) is 0 Å². The fraction of sp³-hybridized carbons (Fsp3) is 0.438. The van der Waals surface area contributed by atoms with Crippen molar-refractivity contribution in [2.24, 2.45) is 5.92 Å². The highest BCUT2D eigenvalue weighted by Crippen LogP contribution is 2.26. The fourth-order valence-corrected chi connectivity index (χ4v) is 3.37. The molecule has 0 bridgehead atoms. The van der Waals surface area contributed by atoms with Gasteiger partial charge >= 0.3 is 0 Å². The van der Waals surface area contributed by atoms with E-state index in [1.807, 2.05) is 12.1 Å². The van der Waals surface area contributed by atoms with Gasteiger partial charge in [-0.1, -0.05) is 18.9 Å². The summed E-state index contributed by atoms with van der Waals surface area (Å²) in [6.07, 6.45) is 7.68. The second-order valence-corrected chi connectivity index (χ2v) is 5.82. The zero-order valence-electron chi connectivity index (χ0n) is 11.8. The first-order valence-electron chi connectivity index (χ1n) is 7.36. The van der Waals surface area contributed by atoms with Crippen LogP contribution >= 0.6 is 11.6 Å². The maximum Gasteiger partial charge on any atom is 0.253 e. The molecule has 1 heterocycles. The molecule has 2 unspecified atom stereocenters. The summed E-state index contributed by atoms with van der Waals surface area (Å²) in [6.45, 7) is 0. The van der Waals surface area contributed by atoms with Gasteiger partial charge in [-0.25, -0.2) is 0 Å². The average Bonchev–Trinajstić information content (AvgIpc) is 2.54. The third kappa shape index (κ3) is 3.00. The van der Waals surface area contributed by atoms with E-state index in [4.69, 9.17) is 11.6 Å². The van der Waals surface area contributed by atoms with E-state index < -0.39 is 0 Å². The predicted octanol–water partition coefficient (Wildman–Crippen LogP) is 3.16. The number of para-hydroxylation sites is 1. The number of rotatable bonds is 3. The van der Waals surface area contributed by atoms with Gasteiger partial charge in [0.2, 0.25) is 0 Å². The highest BCUT2D eigenvalue weighted by atomic mass is 35.5. The number of carbonyl (C=O) groups excluding carboxylic acids is 1. The standard InChI is InChI=1S/C16H18ClN3O/c17-10-11-4-1-2-6-13(11)20-16(21)12-5-3-7-14-15(12)19-9-8-18-14/h3,5,7-9,11,13H,1-2,4,6,10H2,(H,20,21). The largest absolute Gasteiger partial charge is 0.349 e. The van der Waals surface area contributed by atoms with Crippen molar-refractivity contribution in [3.8, 4) is 0 Å². The summed E-state index contributed by atoms with van der Waals surface area (Å²) in [4.78, 5) is 21.1.